The number of hydrogen-bond donors (Lipinski definition) is 2. The van der Waals surface area contributed by atoms with E-state index in [0.717, 1.165) is 30.6 Å². The van der Waals surface area contributed by atoms with E-state index in [1.807, 2.05) is 37.3 Å². The van der Waals surface area contributed by atoms with Gasteiger partial charge in [-0.2, -0.15) is 0 Å². The van der Waals surface area contributed by atoms with Crippen molar-refractivity contribution in [1.29, 1.82) is 0 Å². The van der Waals surface area contributed by atoms with Gasteiger partial charge in [-0.1, -0.05) is 62.2 Å². The van der Waals surface area contributed by atoms with Crippen molar-refractivity contribution in [1.82, 2.24) is 5.32 Å². The molecule has 0 radical (unpaired) electrons. The smallest absolute Gasteiger partial charge is 0.255 e. The molecule has 0 spiro atoms. The first-order valence-corrected chi connectivity index (χ1v) is 11.1. The summed E-state index contributed by atoms with van der Waals surface area (Å²) in [6, 6.07) is 23.6. The molecular weight excluding hydrogens is 400 g/mol. The van der Waals surface area contributed by atoms with Crippen LogP contribution in [0.15, 0.2) is 78.9 Å². The number of hydrogen-bond acceptors (Lipinski definition) is 3. The van der Waals surface area contributed by atoms with E-state index >= 15 is 0 Å². The van der Waals surface area contributed by atoms with Gasteiger partial charge < -0.3 is 15.4 Å². The van der Waals surface area contributed by atoms with Gasteiger partial charge in [-0.15, -0.1) is 0 Å². The minimum atomic E-state index is -0.279. The first kappa shape index (κ1) is 23.1. The van der Waals surface area contributed by atoms with Crippen LogP contribution in [0, 0.1) is 0 Å². The SMILES string of the molecule is CCCCCOc1ccc(C(=O)Nc2ccccc2C(=O)NC(C)c2ccccc2)cc1. The highest BCUT2D eigenvalue weighted by Crippen LogP contribution is 2.20. The second-order valence-corrected chi connectivity index (χ2v) is 7.69. The van der Waals surface area contributed by atoms with Crippen molar-refractivity contribution < 1.29 is 14.3 Å². The van der Waals surface area contributed by atoms with E-state index in [1.54, 1.807) is 48.5 Å². The second kappa shape index (κ2) is 11.7. The molecule has 0 fully saturated rings. The Kier molecular flexibility index (Phi) is 8.44. The molecule has 1 atom stereocenters. The van der Waals surface area contributed by atoms with Gasteiger partial charge in [0.25, 0.3) is 11.8 Å². The van der Waals surface area contributed by atoms with Crippen LogP contribution in [0.2, 0.25) is 0 Å². The average Bonchev–Trinajstić information content (AvgIpc) is 2.83. The quantitative estimate of drug-likeness (QED) is 0.388. The lowest BCUT2D eigenvalue weighted by Gasteiger charge is -2.16. The van der Waals surface area contributed by atoms with Crippen LogP contribution in [0.3, 0.4) is 0 Å². The number of anilines is 1. The molecular formula is C27H30N2O3. The third-order valence-corrected chi connectivity index (χ3v) is 5.20. The zero-order chi connectivity index (χ0) is 22.8. The highest BCUT2D eigenvalue weighted by Gasteiger charge is 2.16. The molecule has 0 bridgehead atoms. The maximum absolute atomic E-state index is 12.9. The number of ether oxygens (including phenoxy) is 1. The molecule has 2 amide bonds. The fourth-order valence-electron chi connectivity index (χ4n) is 3.33. The van der Waals surface area contributed by atoms with Crippen LogP contribution in [0.1, 0.15) is 65.4 Å². The van der Waals surface area contributed by atoms with Crippen LogP contribution in [0.5, 0.6) is 5.75 Å². The Balaban J connectivity index is 1.64. The summed E-state index contributed by atoms with van der Waals surface area (Å²) in [5.74, 6) is 0.222. The van der Waals surface area contributed by atoms with Crippen molar-refractivity contribution in [2.75, 3.05) is 11.9 Å². The van der Waals surface area contributed by atoms with E-state index < -0.39 is 0 Å². The van der Waals surface area contributed by atoms with Crippen molar-refractivity contribution in [3.63, 3.8) is 0 Å². The molecule has 0 aliphatic heterocycles. The Morgan fingerprint density at radius 3 is 2.25 bits per heavy atom. The molecule has 3 aromatic carbocycles. The predicted molar refractivity (Wildman–Crippen MR) is 128 cm³/mol. The molecule has 0 heterocycles. The Morgan fingerprint density at radius 1 is 0.844 bits per heavy atom. The minimum absolute atomic E-state index is 0.155. The minimum Gasteiger partial charge on any atom is -0.494 e. The van der Waals surface area contributed by atoms with Crippen molar-refractivity contribution in [2.45, 2.75) is 39.2 Å². The molecule has 1 unspecified atom stereocenters. The fourth-order valence-corrected chi connectivity index (χ4v) is 3.33. The largest absolute Gasteiger partial charge is 0.494 e. The van der Waals surface area contributed by atoms with Gasteiger partial charge in [0.05, 0.1) is 23.9 Å². The Labute approximate surface area is 189 Å². The van der Waals surface area contributed by atoms with Gasteiger partial charge in [0, 0.05) is 5.56 Å². The molecule has 3 rings (SSSR count). The van der Waals surface area contributed by atoms with E-state index in [-0.39, 0.29) is 17.9 Å². The number of rotatable bonds is 10. The van der Waals surface area contributed by atoms with E-state index in [2.05, 4.69) is 17.6 Å². The number of amides is 2. The Hall–Kier alpha value is -3.60. The maximum Gasteiger partial charge on any atom is 0.255 e. The van der Waals surface area contributed by atoms with Crippen LogP contribution in [0.25, 0.3) is 0 Å². The second-order valence-electron chi connectivity index (χ2n) is 7.69. The molecule has 2 N–H and O–H groups in total. The maximum atomic E-state index is 12.9. The van der Waals surface area contributed by atoms with Gasteiger partial charge in [0.15, 0.2) is 0 Å². The number of unbranched alkanes of at least 4 members (excludes halogenated alkanes) is 2. The lowest BCUT2D eigenvalue weighted by atomic mass is 10.1. The van der Waals surface area contributed by atoms with Crippen LogP contribution in [-0.4, -0.2) is 18.4 Å². The number of para-hydroxylation sites is 1. The lowest BCUT2D eigenvalue weighted by molar-refractivity contribution is 0.0940. The van der Waals surface area contributed by atoms with E-state index in [4.69, 9.17) is 4.74 Å². The molecule has 32 heavy (non-hydrogen) atoms. The van der Waals surface area contributed by atoms with E-state index in [1.165, 1.54) is 0 Å². The topological polar surface area (TPSA) is 67.4 Å². The number of carbonyl (C=O) groups is 2. The van der Waals surface area contributed by atoms with E-state index in [9.17, 15) is 9.59 Å². The normalized spacial score (nSPS) is 11.4. The van der Waals surface area contributed by atoms with E-state index in [0.29, 0.717) is 23.4 Å². The van der Waals surface area contributed by atoms with Gasteiger partial charge in [-0.05, 0) is 55.3 Å². The highest BCUT2D eigenvalue weighted by molar-refractivity contribution is 6.09. The summed E-state index contributed by atoms with van der Waals surface area (Å²) in [4.78, 5) is 25.6. The van der Waals surface area contributed by atoms with Gasteiger partial charge in [0.2, 0.25) is 0 Å². The van der Waals surface area contributed by atoms with Crippen molar-refractivity contribution in [3.05, 3.63) is 95.6 Å². The molecule has 166 valence electrons. The summed E-state index contributed by atoms with van der Waals surface area (Å²) < 4.78 is 5.70. The zero-order valence-corrected chi connectivity index (χ0v) is 18.6. The molecule has 3 aromatic rings. The van der Waals surface area contributed by atoms with Crippen LogP contribution in [0.4, 0.5) is 5.69 Å². The number of nitrogens with one attached hydrogen (secondary N) is 2. The summed E-state index contributed by atoms with van der Waals surface area (Å²) in [6.07, 6.45) is 3.30. The standard InChI is InChI=1S/C27H30N2O3/c1-3-4-10-19-32-23-17-15-22(16-18-23)26(30)29-25-14-9-8-13-24(25)27(31)28-20(2)21-11-6-5-7-12-21/h5-9,11-18,20H,3-4,10,19H2,1-2H3,(H,28,31)(H,29,30). The van der Waals surface area contributed by atoms with Crippen LogP contribution >= 0.6 is 0 Å². The molecule has 5 nitrogen and oxygen atoms in total. The van der Waals surface area contributed by atoms with Crippen molar-refractivity contribution in [3.8, 4) is 5.75 Å². The zero-order valence-electron chi connectivity index (χ0n) is 18.6. The summed E-state index contributed by atoms with van der Waals surface area (Å²) >= 11 is 0. The summed E-state index contributed by atoms with van der Waals surface area (Å²) in [7, 11) is 0. The molecule has 0 saturated heterocycles. The first-order chi connectivity index (χ1) is 15.6. The Bertz CT molecular complexity index is 1020. The lowest BCUT2D eigenvalue weighted by Crippen LogP contribution is -2.28. The third-order valence-electron chi connectivity index (χ3n) is 5.20. The highest BCUT2D eigenvalue weighted by atomic mass is 16.5. The summed E-state index contributed by atoms with van der Waals surface area (Å²) in [6.45, 7) is 4.75. The van der Waals surface area contributed by atoms with Gasteiger partial charge in [-0.25, -0.2) is 0 Å². The molecule has 0 aromatic heterocycles. The first-order valence-electron chi connectivity index (χ1n) is 11.1. The fraction of sp³-hybridized carbons (Fsp3) is 0.259. The molecule has 0 aliphatic carbocycles. The molecule has 0 saturated carbocycles. The van der Waals surface area contributed by atoms with Gasteiger partial charge >= 0.3 is 0 Å². The van der Waals surface area contributed by atoms with Gasteiger partial charge in [-0.3, -0.25) is 9.59 Å². The number of carbonyl (C=O) groups excluding carboxylic acids is 2. The monoisotopic (exact) mass is 430 g/mol. The Morgan fingerprint density at radius 2 is 1.53 bits per heavy atom. The van der Waals surface area contributed by atoms with Crippen LogP contribution < -0.4 is 15.4 Å². The average molecular weight is 431 g/mol. The predicted octanol–water partition coefficient (Wildman–Crippen LogP) is 6.00. The number of benzene rings is 3. The summed E-state index contributed by atoms with van der Waals surface area (Å²) in [5.41, 5.74) is 2.40. The molecule has 0 aliphatic rings. The van der Waals surface area contributed by atoms with Gasteiger partial charge in [0.1, 0.15) is 5.75 Å². The van der Waals surface area contributed by atoms with Crippen molar-refractivity contribution in [2.24, 2.45) is 0 Å². The van der Waals surface area contributed by atoms with Crippen molar-refractivity contribution >= 4 is 17.5 Å². The molecule has 5 heteroatoms. The summed E-state index contributed by atoms with van der Waals surface area (Å²) in [5, 5.41) is 5.85. The van der Waals surface area contributed by atoms with Crippen LogP contribution in [-0.2, 0) is 0 Å². The third kappa shape index (κ3) is 6.45.